The number of rotatable bonds is 8. The molecule has 1 N–H and O–H groups in total. The molecule has 0 aromatic heterocycles. The first kappa shape index (κ1) is 34.0. The van der Waals surface area contributed by atoms with Crippen molar-refractivity contribution in [1.29, 1.82) is 0 Å². The number of non-ortho nitro benzene ring substituents is 1. The Morgan fingerprint density at radius 2 is 1.82 bits per heavy atom. The summed E-state index contributed by atoms with van der Waals surface area (Å²) in [7, 11) is -3.63. The van der Waals surface area contributed by atoms with E-state index >= 15 is 4.11 Å². The Bertz CT molecular complexity index is 1870. The van der Waals surface area contributed by atoms with Crippen molar-refractivity contribution < 1.29 is 33.3 Å². The molecule has 0 aliphatic carbocycles. The van der Waals surface area contributed by atoms with Gasteiger partial charge in [0.25, 0.3) is 11.6 Å². The lowest BCUT2D eigenvalue weighted by atomic mass is 9.82. The lowest BCUT2D eigenvalue weighted by Crippen LogP contribution is -2.48. The number of anilines is 2. The van der Waals surface area contributed by atoms with Crippen molar-refractivity contribution in [3.05, 3.63) is 99.1 Å². The van der Waals surface area contributed by atoms with Gasteiger partial charge in [0.1, 0.15) is 0 Å². The fourth-order valence-electron chi connectivity index (χ4n) is 8.72. The van der Waals surface area contributed by atoms with Gasteiger partial charge in [0, 0.05) is 54.4 Å². The second kappa shape index (κ2) is 12.7. The van der Waals surface area contributed by atoms with E-state index in [-0.39, 0.29) is 37.1 Å². The molecular formula is C37H41FN4O7Si. The number of ether oxygens (including phenoxy) is 1. The van der Waals surface area contributed by atoms with Gasteiger partial charge in [-0.3, -0.25) is 24.5 Å². The zero-order valence-corrected chi connectivity index (χ0v) is 29.4. The first-order valence-corrected chi connectivity index (χ1v) is 20.1. The molecule has 3 amide bonds. The van der Waals surface area contributed by atoms with E-state index in [4.69, 9.17) is 4.74 Å². The standard InChI is InChI=1S/C37H41FN4O7Si/c1-23-35(50(2,3)38)32(19-34(45)40-21-26-8-5-4-7-25(26)17-29(40)22-43)49-37(23)30-18-28(42(47)48)14-15-31(30)41(36(37)46)20-24-10-12-27(13-11-24)39-16-6-9-33(39)44/h4-5,7-8,10-15,18,23,29,32,35,43H,6,9,16-17,19-22H2,1-3H3/t23-,29-,32+,35-,37+/m0/s1. The van der Waals surface area contributed by atoms with Crippen molar-refractivity contribution in [2.45, 2.75) is 82.1 Å². The minimum Gasteiger partial charge on any atom is -0.394 e. The average molecular weight is 701 g/mol. The van der Waals surface area contributed by atoms with Gasteiger partial charge in [0.2, 0.25) is 20.2 Å². The van der Waals surface area contributed by atoms with E-state index in [0.717, 1.165) is 28.8 Å². The van der Waals surface area contributed by atoms with E-state index < -0.39 is 48.4 Å². The van der Waals surface area contributed by atoms with Gasteiger partial charge in [-0.15, -0.1) is 0 Å². The summed E-state index contributed by atoms with van der Waals surface area (Å²) in [6.45, 7) is 5.66. The summed E-state index contributed by atoms with van der Waals surface area (Å²) >= 11 is 0. The highest BCUT2D eigenvalue weighted by atomic mass is 28.4. The number of nitro groups is 1. The maximum absolute atomic E-state index is 16.4. The largest absolute Gasteiger partial charge is 0.394 e. The summed E-state index contributed by atoms with van der Waals surface area (Å²) in [6.07, 6.45) is 0.606. The molecule has 2 fully saturated rings. The van der Waals surface area contributed by atoms with Crippen molar-refractivity contribution >= 4 is 43.2 Å². The predicted molar refractivity (Wildman–Crippen MR) is 187 cm³/mol. The van der Waals surface area contributed by atoms with Gasteiger partial charge in [-0.05, 0) is 60.8 Å². The Balaban J connectivity index is 1.23. The van der Waals surface area contributed by atoms with Crippen LogP contribution in [0.4, 0.5) is 21.2 Å². The third-order valence-electron chi connectivity index (χ3n) is 11.1. The zero-order chi connectivity index (χ0) is 35.5. The molecule has 4 heterocycles. The molecule has 5 atom stereocenters. The number of aliphatic hydroxyl groups excluding tert-OH is 1. The topological polar surface area (TPSA) is 134 Å². The van der Waals surface area contributed by atoms with E-state index in [0.29, 0.717) is 37.2 Å². The number of benzene rings is 3. The fourth-order valence-corrected chi connectivity index (χ4v) is 11.2. The van der Waals surface area contributed by atoms with Gasteiger partial charge in [-0.2, -0.15) is 0 Å². The van der Waals surface area contributed by atoms with E-state index in [9.17, 15) is 29.6 Å². The lowest BCUT2D eigenvalue weighted by Gasteiger charge is -2.37. The van der Waals surface area contributed by atoms with E-state index in [1.54, 1.807) is 29.8 Å². The Kier molecular flexibility index (Phi) is 8.64. The summed E-state index contributed by atoms with van der Waals surface area (Å²) in [5.41, 5.74) is 1.54. The zero-order valence-electron chi connectivity index (χ0n) is 28.4. The van der Waals surface area contributed by atoms with Gasteiger partial charge in [-0.25, -0.2) is 0 Å². The first-order chi connectivity index (χ1) is 23.8. The number of amides is 3. The molecule has 0 saturated carbocycles. The Morgan fingerprint density at radius 3 is 2.46 bits per heavy atom. The van der Waals surface area contributed by atoms with Crippen molar-refractivity contribution in [3.63, 3.8) is 0 Å². The van der Waals surface area contributed by atoms with Crippen LogP contribution in [0.15, 0.2) is 66.7 Å². The van der Waals surface area contributed by atoms with Gasteiger partial charge < -0.3 is 28.7 Å². The van der Waals surface area contributed by atoms with Gasteiger partial charge in [-0.1, -0.05) is 43.3 Å². The number of nitro benzene ring substituents is 1. The van der Waals surface area contributed by atoms with Crippen LogP contribution < -0.4 is 9.80 Å². The molecule has 0 radical (unpaired) electrons. The molecule has 0 bridgehead atoms. The number of hydrogen-bond donors (Lipinski definition) is 1. The maximum atomic E-state index is 16.4. The van der Waals surface area contributed by atoms with Crippen LogP contribution in [0.1, 0.15) is 48.4 Å². The van der Waals surface area contributed by atoms with Crippen LogP contribution in [-0.2, 0) is 44.2 Å². The smallest absolute Gasteiger partial charge is 0.269 e. The van der Waals surface area contributed by atoms with Crippen molar-refractivity contribution in [1.82, 2.24) is 4.90 Å². The minimum absolute atomic E-state index is 0.0659. The quantitative estimate of drug-likeness (QED) is 0.144. The molecule has 50 heavy (non-hydrogen) atoms. The number of halogens is 1. The summed E-state index contributed by atoms with van der Waals surface area (Å²) in [5.74, 6) is -1.45. The van der Waals surface area contributed by atoms with Crippen molar-refractivity contribution in [2.75, 3.05) is 23.0 Å². The second-order valence-corrected chi connectivity index (χ2v) is 18.3. The molecule has 7 rings (SSSR count). The van der Waals surface area contributed by atoms with Gasteiger partial charge >= 0.3 is 0 Å². The number of carbonyl (C=O) groups is 3. The van der Waals surface area contributed by atoms with E-state index in [1.807, 2.05) is 48.5 Å². The Labute approximate surface area is 291 Å². The molecule has 0 unspecified atom stereocenters. The van der Waals surface area contributed by atoms with E-state index in [2.05, 4.69) is 0 Å². The highest BCUT2D eigenvalue weighted by Gasteiger charge is 2.67. The third kappa shape index (κ3) is 5.61. The highest BCUT2D eigenvalue weighted by molar-refractivity contribution is 6.72. The van der Waals surface area contributed by atoms with Gasteiger partial charge in [0.05, 0.1) is 42.3 Å². The third-order valence-corrected chi connectivity index (χ3v) is 13.5. The van der Waals surface area contributed by atoms with Crippen LogP contribution in [0.25, 0.3) is 0 Å². The SMILES string of the molecule is C[C@H]1[C@H]([Si](C)(C)F)[C@@H](CC(=O)N2Cc3ccccc3C[C@H]2CO)O[C@]12C(=O)N(Cc1ccc(N3CCCC3=O)cc1)c1ccc([N+](=O)[O-])cc12. The Morgan fingerprint density at radius 1 is 1.10 bits per heavy atom. The van der Waals surface area contributed by atoms with E-state index in [1.165, 1.54) is 23.1 Å². The molecule has 1 spiro atoms. The van der Waals surface area contributed by atoms with Gasteiger partial charge in [0.15, 0.2) is 5.60 Å². The summed E-state index contributed by atoms with van der Waals surface area (Å²) in [5, 5.41) is 22.2. The molecule has 3 aromatic carbocycles. The minimum atomic E-state index is -3.63. The number of aliphatic hydroxyl groups is 1. The molecule has 3 aromatic rings. The van der Waals surface area contributed by atoms with Crippen LogP contribution >= 0.6 is 0 Å². The summed E-state index contributed by atoms with van der Waals surface area (Å²) in [6, 6.07) is 18.9. The van der Waals surface area contributed by atoms with Crippen LogP contribution in [0, 0.1) is 16.0 Å². The monoisotopic (exact) mass is 700 g/mol. The van der Waals surface area contributed by atoms with Crippen LogP contribution in [0.5, 0.6) is 0 Å². The molecular weight excluding hydrogens is 660 g/mol. The lowest BCUT2D eigenvalue weighted by molar-refractivity contribution is -0.385. The number of fused-ring (bicyclic) bond motifs is 3. The van der Waals surface area contributed by atoms with Crippen molar-refractivity contribution in [3.8, 4) is 0 Å². The number of nitrogens with zero attached hydrogens (tertiary/aromatic N) is 4. The number of hydrogen-bond acceptors (Lipinski definition) is 7. The number of carbonyl (C=O) groups excluding carboxylic acids is 3. The molecule has 4 aliphatic heterocycles. The van der Waals surface area contributed by atoms with Crippen molar-refractivity contribution in [2.24, 2.45) is 5.92 Å². The summed E-state index contributed by atoms with van der Waals surface area (Å²) in [4.78, 5) is 57.4. The highest BCUT2D eigenvalue weighted by Crippen LogP contribution is 2.60. The normalized spacial score (nSPS) is 26.1. The second-order valence-electron chi connectivity index (χ2n) is 14.5. The van der Waals surface area contributed by atoms with Crippen LogP contribution in [0.2, 0.25) is 18.6 Å². The summed E-state index contributed by atoms with van der Waals surface area (Å²) < 4.78 is 23.2. The van der Waals surface area contributed by atoms with Crippen LogP contribution in [0.3, 0.4) is 0 Å². The molecule has 13 heteroatoms. The van der Waals surface area contributed by atoms with Crippen LogP contribution in [-0.4, -0.2) is 66.4 Å². The molecule has 11 nitrogen and oxygen atoms in total. The average Bonchev–Trinajstić information content (AvgIpc) is 3.72. The molecule has 262 valence electrons. The molecule has 2 saturated heterocycles. The Hall–Kier alpha value is -4.46. The maximum Gasteiger partial charge on any atom is 0.269 e. The first-order valence-electron chi connectivity index (χ1n) is 17.2. The fraction of sp³-hybridized carbons (Fsp3) is 0.432. The predicted octanol–water partition coefficient (Wildman–Crippen LogP) is 5.38. The molecule has 4 aliphatic rings.